The molecule has 104 valence electrons. The molecule has 1 aliphatic rings. The lowest BCUT2D eigenvalue weighted by Gasteiger charge is -2.02. The van der Waals surface area contributed by atoms with Crippen molar-refractivity contribution in [1.29, 1.82) is 0 Å². The summed E-state index contributed by atoms with van der Waals surface area (Å²) < 4.78 is 0. The molecule has 0 atom stereocenters. The Kier molecular flexibility index (Phi) is 3.45. The first-order valence-electron chi connectivity index (χ1n) is 6.82. The van der Waals surface area contributed by atoms with E-state index in [4.69, 9.17) is 0 Å². The van der Waals surface area contributed by atoms with Crippen LogP contribution in [0.4, 0.5) is 0 Å². The molecule has 1 fully saturated rings. The number of nitrogens with one attached hydrogen (secondary N) is 1. The molecule has 20 heavy (non-hydrogen) atoms. The van der Waals surface area contributed by atoms with E-state index in [1.165, 1.54) is 23.2 Å². The monoisotopic (exact) mass is 271 g/mol. The summed E-state index contributed by atoms with van der Waals surface area (Å²) in [6, 6.07) is 7.89. The van der Waals surface area contributed by atoms with Gasteiger partial charge in [0.2, 0.25) is 11.7 Å². The largest absolute Gasteiger partial charge is 0.354 e. The van der Waals surface area contributed by atoms with Crippen molar-refractivity contribution in [2.75, 3.05) is 6.54 Å². The molecule has 0 radical (unpaired) electrons. The van der Waals surface area contributed by atoms with Crippen molar-refractivity contribution in [2.45, 2.75) is 26.3 Å². The molecular formula is C14H17N5O. The normalized spacial score (nSPS) is 14.2. The van der Waals surface area contributed by atoms with Crippen LogP contribution in [0.3, 0.4) is 0 Å². The van der Waals surface area contributed by atoms with Crippen LogP contribution in [0.2, 0.25) is 0 Å². The molecule has 2 aromatic rings. The van der Waals surface area contributed by atoms with Crippen molar-refractivity contribution in [3.8, 4) is 11.4 Å². The number of tetrazole rings is 1. The lowest BCUT2D eigenvalue weighted by molar-refractivity contribution is -0.122. The maximum absolute atomic E-state index is 11.7. The minimum atomic E-state index is -0.0650. The Morgan fingerprint density at radius 2 is 2.10 bits per heavy atom. The highest BCUT2D eigenvalue weighted by atomic mass is 16.2. The van der Waals surface area contributed by atoms with E-state index in [0.29, 0.717) is 11.7 Å². The van der Waals surface area contributed by atoms with Gasteiger partial charge in [0.1, 0.15) is 6.54 Å². The van der Waals surface area contributed by atoms with E-state index in [0.717, 1.165) is 12.1 Å². The van der Waals surface area contributed by atoms with E-state index >= 15 is 0 Å². The lowest BCUT2D eigenvalue weighted by atomic mass is 10.1. The van der Waals surface area contributed by atoms with Gasteiger partial charge in [-0.3, -0.25) is 4.79 Å². The molecule has 6 heteroatoms. The van der Waals surface area contributed by atoms with Gasteiger partial charge in [-0.1, -0.05) is 29.8 Å². The molecule has 6 nitrogen and oxygen atoms in total. The number of amides is 1. The lowest BCUT2D eigenvalue weighted by Crippen LogP contribution is -2.30. The highest BCUT2D eigenvalue weighted by molar-refractivity contribution is 5.75. The van der Waals surface area contributed by atoms with Crippen LogP contribution in [0, 0.1) is 12.8 Å². The van der Waals surface area contributed by atoms with Gasteiger partial charge in [0.05, 0.1) is 0 Å². The van der Waals surface area contributed by atoms with E-state index in [1.54, 1.807) is 0 Å². The molecule has 0 bridgehead atoms. The number of carbonyl (C=O) groups is 1. The number of rotatable bonds is 5. The number of hydrogen-bond donors (Lipinski definition) is 1. The third-order valence-electron chi connectivity index (χ3n) is 3.33. The van der Waals surface area contributed by atoms with Crippen LogP contribution in [0.25, 0.3) is 11.4 Å². The van der Waals surface area contributed by atoms with Gasteiger partial charge in [-0.2, -0.15) is 4.80 Å². The fourth-order valence-corrected chi connectivity index (χ4v) is 1.89. The molecule has 0 spiro atoms. The number of aromatic nitrogens is 4. The van der Waals surface area contributed by atoms with Crippen molar-refractivity contribution in [2.24, 2.45) is 5.92 Å². The van der Waals surface area contributed by atoms with Gasteiger partial charge in [0, 0.05) is 12.1 Å². The Morgan fingerprint density at radius 1 is 1.35 bits per heavy atom. The van der Waals surface area contributed by atoms with E-state index in [1.807, 2.05) is 31.2 Å². The first kappa shape index (κ1) is 12.8. The van der Waals surface area contributed by atoms with Crippen molar-refractivity contribution < 1.29 is 4.79 Å². The van der Waals surface area contributed by atoms with Crippen molar-refractivity contribution in [3.05, 3.63) is 29.8 Å². The minimum Gasteiger partial charge on any atom is -0.354 e. The van der Waals surface area contributed by atoms with Crippen LogP contribution in [0.1, 0.15) is 18.4 Å². The molecule has 1 aliphatic carbocycles. The molecular weight excluding hydrogens is 254 g/mol. The first-order valence-corrected chi connectivity index (χ1v) is 6.82. The predicted molar refractivity (Wildman–Crippen MR) is 73.7 cm³/mol. The van der Waals surface area contributed by atoms with Gasteiger partial charge in [-0.25, -0.2) is 0 Å². The van der Waals surface area contributed by atoms with E-state index in [2.05, 4.69) is 20.7 Å². The average Bonchev–Trinajstić information content (AvgIpc) is 3.16. The molecule has 1 amide bonds. The zero-order valence-electron chi connectivity index (χ0n) is 11.4. The number of hydrogen-bond acceptors (Lipinski definition) is 4. The van der Waals surface area contributed by atoms with Gasteiger partial charge in [0.15, 0.2) is 0 Å². The Balaban J connectivity index is 1.60. The van der Waals surface area contributed by atoms with Crippen LogP contribution in [-0.4, -0.2) is 32.7 Å². The Bertz CT molecular complexity index is 600. The van der Waals surface area contributed by atoms with E-state index in [9.17, 15) is 4.79 Å². The number of carbonyl (C=O) groups excluding carboxylic acids is 1. The Morgan fingerprint density at radius 3 is 2.80 bits per heavy atom. The van der Waals surface area contributed by atoms with Gasteiger partial charge >= 0.3 is 0 Å². The Hall–Kier alpha value is -2.24. The average molecular weight is 271 g/mol. The predicted octanol–water partition coefficient (Wildman–Crippen LogP) is 1.17. The van der Waals surface area contributed by atoms with Gasteiger partial charge in [-0.15, -0.1) is 10.2 Å². The molecule has 1 aromatic heterocycles. The summed E-state index contributed by atoms with van der Waals surface area (Å²) in [7, 11) is 0. The van der Waals surface area contributed by atoms with Crippen LogP contribution >= 0.6 is 0 Å². The second kappa shape index (κ2) is 5.40. The molecule has 3 rings (SSSR count). The van der Waals surface area contributed by atoms with Crippen molar-refractivity contribution >= 4 is 5.91 Å². The molecule has 1 heterocycles. The molecule has 1 saturated carbocycles. The fourth-order valence-electron chi connectivity index (χ4n) is 1.89. The SMILES string of the molecule is Cc1ccc(-c2nnn(CC(=O)NCC3CC3)n2)cc1. The first-order chi connectivity index (χ1) is 9.70. The summed E-state index contributed by atoms with van der Waals surface area (Å²) in [6.07, 6.45) is 2.44. The summed E-state index contributed by atoms with van der Waals surface area (Å²) in [5, 5.41) is 15.0. The van der Waals surface area contributed by atoms with E-state index in [-0.39, 0.29) is 12.5 Å². The minimum absolute atomic E-state index is 0.0650. The third kappa shape index (κ3) is 3.20. The third-order valence-corrected chi connectivity index (χ3v) is 3.33. The highest BCUT2D eigenvalue weighted by Gasteiger charge is 2.21. The quantitative estimate of drug-likeness (QED) is 0.886. The zero-order valence-corrected chi connectivity index (χ0v) is 11.4. The maximum atomic E-state index is 11.7. The molecule has 0 saturated heterocycles. The molecule has 1 aromatic carbocycles. The summed E-state index contributed by atoms with van der Waals surface area (Å²) in [4.78, 5) is 13.0. The summed E-state index contributed by atoms with van der Waals surface area (Å²) >= 11 is 0. The van der Waals surface area contributed by atoms with Crippen molar-refractivity contribution in [1.82, 2.24) is 25.5 Å². The molecule has 0 unspecified atom stereocenters. The van der Waals surface area contributed by atoms with Crippen LogP contribution in [0.5, 0.6) is 0 Å². The second-order valence-electron chi connectivity index (χ2n) is 5.26. The van der Waals surface area contributed by atoms with Crippen LogP contribution in [0.15, 0.2) is 24.3 Å². The van der Waals surface area contributed by atoms with Crippen molar-refractivity contribution in [3.63, 3.8) is 0 Å². The molecule has 1 N–H and O–H groups in total. The van der Waals surface area contributed by atoms with Crippen LogP contribution < -0.4 is 5.32 Å². The second-order valence-corrected chi connectivity index (χ2v) is 5.26. The topological polar surface area (TPSA) is 72.7 Å². The number of nitrogens with zero attached hydrogens (tertiary/aromatic N) is 4. The smallest absolute Gasteiger partial charge is 0.243 e. The van der Waals surface area contributed by atoms with Crippen LogP contribution in [-0.2, 0) is 11.3 Å². The fraction of sp³-hybridized carbons (Fsp3) is 0.429. The zero-order chi connectivity index (χ0) is 13.9. The van der Waals surface area contributed by atoms with E-state index < -0.39 is 0 Å². The number of benzene rings is 1. The highest BCUT2D eigenvalue weighted by Crippen LogP contribution is 2.27. The Labute approximate surface area is 117 Å². The van der Waals surface area contributed by atoms with Gasteiger partial charge in [-0.05, 0) is 30.9 Å². The number of aryl methyl sites for hydroxylation is 1. The summed E-state index contributed by atoms with van der Waals surface area (Å²) in [5.74, 6) is 1.15. The van der Waals surface area contributed by atoms with Gasteiger partial charge < -0.3 is 5.32 Å². The maximum Gasteiger partial charge on any atom is 0.243 e. The van der Waals surface area contributed by atoms with Gasteiger partial charge in [0.25, 0.3) is 0 Å². The standard InChI is InChI=1S/C14H17N5O/c1-10-2-6-12(7-3-10)14-16-18-19(17-14)9-13(20)15-8-11-4-5-11/h2-3,6-7,11H,4-5,8-9H2,1H3,(H,15,20). The molecule has 0 aliphatic heterocycles. The summed E-state index contributed by atoms with van der Waals surface area (Å²) in [5.41, 5.74) is 2.08. The summed E-state index contributed by atoms with van der Waals surface area (Å²) in [6.45, 7) is 2.90.